The molecule has 0 aliphatic carbocycles. The van der Waals surface area contributed by atoms with Gasteiger partial charge in [-0.2, -0.15) is 0 Å². The minimum absolute atomic E-state index is 0.168. The number of rotatable bonds is 2. The van der Waals surface area contributed by atoms with Gasteiger partial charge in [0.05, 0.1) is 17.9 Å². The molecule has 3 aliphatic rings. The molecule has 1 saturated heterocycles. The average molecular weight is 438 g/mol. The highest BCUT2D eigenvalue weighted by molar-refractivity contribution is 6.34. The molecule has 31 heavy (non-hydrogen) atoms. The second kappa shape index (κ2) is 7.90. The van der Waals surface area contributed by atoms with Gasteiger partial charge >= 0.3 is 0 Å². The van der Waals surface area contributed by atoms with Gasteiger partial charge in [0.1, 0.15) is 17.3 Å². The first-order valence-corrected chi connectivity index (χ1v) is 10.5. The lowest BCUT2D eigenvalue weighted by Gasteiger charge is -2.31. The minimum Gasteiger partial charge on any atom is -0.373 e. The lowest BCUT2D eigenvalue weighted by Crippen LogP contribution is -2.42. The van der Waals surface area contributed by atoms with Crippen LogP contribution >= 0.6 is 11.6 Å². The molecule has 0 spiro atoms. The Kier molecular flexibility index (Phi) is 5.08. The molecular weight excluding hydrogens is 417 g/mol. The van der Waals surface area contributed by atoms with Crippen LogP contribution in [0.2, 0.25) is 5.02 Å². The van der Waals surface area contributed by atoms with Gasteiger partial charge in [0.2, 0.25) is 0 Å². The first kappa shape index (κ1) is 19.9. The van der Waals surface area contributed by atoms with Crippen LogP contribution in [0, 0.1) is 5.82 Å². The smallest absolute Gasteiger partial charge is 0.284 e. The van der Waals surface area contributed by atoms with Crippen molar-refractivity contribution in [3.05, 3.63) is 76.3 Å². The van der Waals surface area contributed by atoms with E-state index in [0.717, 1.165) is 26.2 Å². The highest BCUT2D eigenvalue weighted by Gasteiger charge is 2.36. The fourth-order valence-electron chi connectivity index (χ4n) is 4.04. The summed E-state index contributed by atoms with van der Waals surface area (Å²) in [6.07, 6.45) is 1.84. The number of hydrogen-bond donors (Lipinski definition) is 0. The van der Waals surface area contributed by atoms with E-state index in [1.165, 1.54) is 6.07 Å². The maximum atomic E-state index is 14.6. The van der Waals surface area contributed by atoms with E-state index in [1.54, 1.807) is 41.3 Å². The lowest BCUT2D eigenvalue weighted by molar-refractivity contribution is -0.114. The second-order valence-corrected chi connectivity index (χ2v) is 8.26. The van der Waals surface area contributed by atoms with E-state index in [4.69, 9.17) is 11.6 Å². The van der Waals surface area contributed by atoms with Gasteiger partial charge in [0, 0.05) is 48.5 Å². The average Bonchev–Trinajstić information content (AvgIpc) is 2.97. The van der Waals surface area contributed by atoms with Crippen LogP contribution in [0.15, 0.2) is 64.3 Å². The molecular formula is C23H21ClFN5O. The van der Waals surface area contributed by atoms with E-state index >= 15 is 0 Å². The van der Waals surface area contributed by atoms with E-state index < -0.39 is 0 Å². The number of amides is 1. The van der Waals surface area contributed by atoms with Crippen LogP contribution in [0.5, 0.6) is 0 Å². The van der Waals surface area contributed by atoms with Gasteiger partial charge in [0.15, 0.2) is 0 Å². The van der Waals surface area contributed by atoms with E-state index in [-0.39, 0.29) is 18.3 Å². The number of anilines is 1. The van der Waals surface area contributed by atoms with Crippen molar-refractivity contribution in [1.29, 1.82) is 0 Å². The fraction of sp³-hybridized carbons (Fsp3) is 0.261. The topological polar surface area (TPSA) is 51.5 Å². The van der Waals surface area contributed by atoms with Gasteiger partial charge in [-0.3, -0.25) is 14.7 Å². The maximum absolute atomic E-state index is 14.6. The Hall–Kier alpha value is -3.03. The summed E-state index contributed by atoms with van der Waals surface area (Å²) in [4.78, 5) is 28.5. The van der Waals surface area contributed by atoms with Crippen LogP contribution in [0.4, 0.5) is 10.1 Å². The molecule has 0 radical (unpaired) electrons. The third-order valence-corrected chi connectivity index (χ3v) is 5.97. The fourth-order valence-corrected chi connectivity index (χ4v) is 4.21. The molecule has 5 rings (SSSR count). The summed E-state index contributed by atoms with van der Waals surface area (Å²) >= 11 is 6.27. The van der Waals surface area contributed by atoms with Crippen LogP contribution in [0.25, 0.3) is 0 Å². The van der Waals surface area contributed by atoms with Crippen molar-refractivity contribution >= 4 is 34.7 Å². The van der Waals surface area contributed by atoms with Crippen molar-refractivity contribution in [3.63, 3.8) is 0 Å². The summed E-state index contributed by atoms with van der Waals surface area (Å²) in [6, 6.07) is 11.7. The number of halogens is 2. The molecule has 0 saturated carbocycles. The van der Waals surface area contributed by atoms with Crippen LogP contribution in [-0.2, 0) is 4.79 Å². The zero-order valence-corrected chi connectivity index (χ0v) is 17.8. The molecule has 1 fully saturated rings. The largest absolute Gasteiger partial charge is 0.373 e. The SMILES string of the molecule is CN1CCN(/C=C2\N=C3CN=C(c4ccccc4F)c4cc(Cl)ccc4N3C2=O)CC1. The molecule has 0 aromatic heterocycles. The molecule has 2 aromatic carbocycles. The maximum Gasteiger partial charge on any atom is 0.284 e. The second-order valence-electron chi connectivity index (χ2n) is 7.83. The van der Waals surface area contributed by atoms with E-state index in [2.05, 4.69) is 26.8 Å². The summed E-state index contributed by atoms with van der Waals surface area (Å²) in [6.45, 7) is 3.74. The molecule has 0 atom stereocenters. The van der Waals surface area contributed by atoms with Crippen LogP contribution < -0.4 is 4.90 Å². The normalized spacial score (nSPS) is 20.4. The predicted octanol–water partition coefficient (Wildman–Crippen LogP) is 3.16. The Labute approximate surface area is 184 Å². The Morgan fingerprint density at radius 1 is 1.06 bits per heavy atom. The standard InChI is InChI=1S/C23H21ClFN5O/c1-28-8-10-29(11-9-28)14-19-23(31)30-20-7-6-15(24)12-17(20)22(26-13-21(30)27-19)16-4-2-3-5-18(16)25/h2-7,12,14H,8-11,13H2,1H3/b19-14-. The zero-order valence-electron chi connectivity index (χ0n) is 17.1. The molecule has 0 unspecified atom stereocenters. The Morgan fingerprint density at radius 2 is 1.84 bits per heavy atom. The minimum atomic E-state index is -0.377. The number of amidine groups is 1. The van der Waals surface area contributed by atoms with Crippen molar-refractivity contribution in [2.45, 2.75) is 0 Å². The number of benzene rings is 2. The van der Waals surface area contributed by atoms with Crippen molar-refractivity contribution in [1.82, 2.24) is 9.80 Å². The van der Waals surface area contributed by atoms with Gasteiger partial charge in [-0.05, 0) is 37.4 Å². The third-order valence-electron chi connectivity index (χ3n) is 5.73. The molecule has 2 aromatic rings. The summed E-state index contributed by atoms with van der Waals surface area (Å²) in [7, 11) is 2.09. The highest BCUT2D eigenvalue weighted by Crippen LogP contribution is 2.34. The molecule has 8 heteroatoms. The molecule has 3 heterocycles. The number of nitrogens with zero attached hydrogens (tertiary/aromatic N) is 5. The monoisotopic (exact) mass is 437 g/mol. The zero-order chi connectivity index (χ0) is 21.5. The lowest BCUT2D eigenvalue weighted by atomic mass is 9.99. The molecule has 0 N–H and O–H groups in total. The van der Waals surface area contributed by atoms with Gasteiger partial charge < -0.3 is 9.80 Å². The first-order chi connectivity index (χ1) is 15.0. The highest BCUT2D eigenvalue weighted by atomic mass is 35.5. The van der Waals surface area contributed by atoms with Gasteiger partial charge in [-0.15, -0.1) is 0 Å². The number of hydrogen-bond acceptors (Lipinski definition) is 5. The van der Waals surface area contributed by atoms with Crippen LogP contribution in [0.1, 0.15) is 11.1 Å². The summed E-state index contributed by atoms with van der Waals surface area (Å²) in [5, 5.41) is 0.489. The number of piperazine rings is 1. The quantitative estimate of drug-likeness (QED) is 0.678. The van der Waals surface area contributed by atoms with E-state index in [0.29, 0.717) is 39.1 Å². The molecule has 158 valence electrons. The molecule has 3 aliphatic heterocycles. The summed E-state index contributed by atoms with van der Waals surface area (Å²) < 4.78 is 14.6. The third kappa shape index (κ3) is 3.64. The van der Waals surface area contributed by atoms with E-state index in [1.807, 2.05) is 6.20 Å². The molecule has 6 nitrogen and oxygen atoms in total. The van der Waals surface area contributed by atoms with Gasteiger partial charge in [-0.1, -0.05) is 23.7 Å². The Bertz CT molecular complexity index is 1150. The number of likely N-dealkylation sites (N-methyl/N-ethyl adjacent to an activating group) is 1. The summed E-state index contributed by atoms with van der Waals surface area (Å²) in [5.41, 5.74) is 2.44. The van der Waals surface area contributed by atoms with Crippen LogP contribution in [0.3, 0.4) is 0 Å². The Morgan fingerprint density at radius 3 is 2.61 bits per heavy atom. The summed E-state index contributed by atoms with van der Waals surface area (Å²) in [5.74, 6) is -0.0547. The number of fused-ring (bicyclic) bond motifs is 3. The van der Waals surface area contributed by atoms with Crippen LogP contribution in [-0.4, -0.2) is 67.0 Å². The van der Waals surface area contributed by atoms with Crippen molar-refractivity contribution in [2.24, 2.45) is 9.98 Å². The van der Waals surface area contributed by atoms with Crippen molar-refractivity contribution in [2.75, 3.05) is 44.7 Å². The predicted molar refractivity (Wildman–Crippen MR) is 120 cm³/mol. The number of aliphatic imine (C=N–C) groups is 2. The van der Waals surface area contributed by atoms with Crippen molar-refractivity contribution < 1.29 is 9.18 Å². The van der Waals surface area contributed by atoms with Gasteiger partial charge in [0.25, 0.3) is 5.91 Å². The van der Waals surface area contributed by atoms with E-state index in [9.17, 15) is 9.18 Å². The Balaban J connectivity index is 1.58. The van der Waals surface area contributed by atoms with Gasteiger partial charge in [-0.25, -0.2) is 9.38 Å². The molecule has 0 bridgehead atoms. The van der Waals surface area contributed by atoms with Crippen molar-refractivity contribution in [3.8, 4) is 0 Å². The molecule has 1 amide bonds. The number of carbonyl (C=O) groups excluding carboxylic acids is 1. The number of carbonyl (C=O) groups is 1. The first-order valence-electron chi connectivity index (χ1n) is 10.2.